The maximum atomic E-state index is 8.62. The lowest BCUT2D eigenvalue weighted by molar-refractivity contribution is 0.482. The van der Waals surface area contributed by atoms with Gasteiger partial charge >= 0.3 is 0 Å². The van der Waals surface area contributed by atoms with Gasteiger partial charge in [0.05, 0.1) is 12.5 Å². The third kappa shape index (κ3) is 3.59. The van der Waals surface area contributed by atoms with Crippen LogP contribution in [-0.2, 0) is 6.42 Å². The van der Waals surface area contributed by atoms with E-state index >= 15 is 0 Å². The molecule has 0 saturated carbocycles. The molecule has 3 nitrogen and oxygen atoms in total. The van der Waals surface area contributed by atoms with Crippen LogP contribution in [0.4, 0.5) is 0 Å². The highest BCUT2D eigenvalue weighted by molar-refractivity contribution is 5.35. The molecule has 0 amide bonds. The monoisotopic (exact) mass is 266 g/mol. The summed E-state index contributed by atoms with van der Waals surface area (Å²) in [5, 5.41) is 8.62. The molecule has 2 aromatic carbocycles. The molecule has 1 atom stereocenters. The number of nitriles is 1. The summed E-state index contributed by atoms with van der Waals surface area (Å²) in [7, 11) is 0. The van der Waals surface area contributed by atoms with E-state index in [4.69, 9.17) is 15.7 Å². The highest BCUT2D eigenvalue weighted by atomic mass is 16.5. The second-order valence-corrected chi connectivity index (χ2v) is 4.66. The molecule has 0 unspecified atom stereocenters. The summed E-state index contributed by atoms with van der Waals surface area (Å²) in [5.74, 6) is 1.55. The van der Waals surface area contributed by atoms with E-state index in [1.165, 1.54) is 0 Å². The van der Waals surface area contributed by atoms with Gasteiger partial charge in [-0.15, -0.1) is 0 Å². The molecule has 0 aliphatic heterocycles. The Morgan fingerprint density at radius 1 is 1.05 bits per heavy atom. The molecule has 2 N–H and O–H groups in total. The van der Waals surface area contributed by atoms with Crippen molar-refractivity contribution >= 4 is 0 Å². The topological polar surface area (TPSA) is 59.0 Å². The predicted octanol–water partition coefficient (Wildman–Crippen LogP) is 3.95. The van der Waals surface area contributed by atoms with E-state index in [1.807, 2.05) is 48.5 Å². The standard InChI is InChI=1S/C17H18N2O/c1-2-17(19)14-5-9-16(10-6-14)20-15-7-3-13(4-8-15)11-12-18/h3-10,17H,2,11,19H2,1H3/t17-/m0/s1. The summed E-state index contributed by atoms with van der Waals surface area (Å²) >= 11 is 0. The van der Waals surface area contributed by atoms with Crippen LogP contribution in [0.3, 0.4) is 0 Å². The lowest BCUT2D eigenvalue weighted by Gasteiger charge is -2.10. The second kappa shape index (κ2) is 6.74. The summed E-state index contributed by atoms with van der Waals surface area (Å²) in [6.45, 7) is 2.07. The Kier molecular flexibility index (Phi) is 4.75. The Hall–Kier alpha value is -2.31. The lowest BCUT2D eigenvalue weighted by Crippen LogP contribution is -2.07. The Morgan fingerprint density at radius 2 is 1.60 bits per heavy atom. The minimum atomic E-state index is 0.0781. The first-order valence-corrected chi connectivity index (χ1v) is 6.72. The van der Waals surface area contributed by atoms with Gasteiger partial charge in [0.1, 0.15) is 11.5 Å². The zero-order chi connectivity index (χ0) is 14.4. The molecule has 102 valence electrons. The van der Waals surface area contributed by atoms with Gasteiger partial charge in [0.25, 0.3) is 0 Å². The lowest BCUT2D eigenvalue weighted by atomic mass is 10.1. The molecule has 2 rings (SSSR count). The molecule has 0 aliphatic carbocycles. The number of nitrogens with zero attached hydrogens (tertiary/aromatic N) is 1. The Labute approximate surface area is 119 Å². The number of hydrogen-bond acceptors (Lipinski definition) is 3. The number of rotatable bonds is 5. The van der Waals surface area contributed by atoms with Crippen LogP contribution in [0.5, 0.6) is 11.5 Å². The van der Waals surface area contributed by atoms with Crippen LogP contribution in [0.25, 0.3) is 0 Å². The van der Waals surface area contributed by atoms with Crippen LogP contribution in [0.1, 0.15) is 30.5 Å². The largest absolute Gasteiger partial charge is 0.457 e. The van der Waals surface area contributed by atoms with Gasteiger partial charge in [-0.05, 0) is 41.8 Å². The van der Waals surface area contributed by atoms with E-state index in [-0.39, 0.29) is 6.04 Å². The van der Waals surface area contributed by atoms with Gasteiger partial charge in [0.2, 0.25) is 0 Å². The van der Waals surface area contributed by atoms with E-state index in [1.54, 1.807) is 0 Å². The van der Waals surface area contributed by atoms with Crippen LogP contribution in [0.2, 0.25) is 0 Å². The molecular formula is C17H18N2O. The smallest absolute Gasteiger partial charge is 0.127 e. The average Bonchev–Trinajstić information content (AvgIpc) is 2.49. The van der Waals surface area contributed by atoms with Crippen molar-refractivity contribution in [1.29, 1.82) is 5.26 Å². The normalized spacial score (nSPS) is 11.7. The van der Waals surface area contributed by atoms with E-state index in [0.29, 0.717) is 6.42 Å². The highest BCUT2D eigenvalue weighted by Crippen LogP contribution is 2.24. The van der Waals surface area contributed by atoms with Gasteiger partial charge in [-0.3, -0.25) is 0 Å². The summed E-state index contributed by atoms with van der Waals surface area (Å²) in [6.07, 6.45) is 1.34. The quantitative estimate of drug-likeness (QED) is 0.891. The molecule has 0 fully saturated rings. The van der Waals surface area contributed by atoms with Crippen molar-refractivity contribution in [2.75, 3.05) is 0 Å². The van der Waals surface area contributed by atoms with Crippen LogP contribution in [0.15, 0.2) is 48.5 Å². The SMILES string of the molecule is CC[C@H](N)c1ccc(Oc2ccc(CC#N)cc2)cc1. The molecule has 0 aliphatic rings. The molecule has 2 aromatic rings. The summed E-state index contributed by atoms with van der Waals surface area (Å²) in [6, 6.07) is 17.6. The third-order valence-electron chi connectivity index (χ3n) is 3.19. The molecule has 20 heavy (non-hydrogen) atoms. The van der Waals surface area contributed by atoms with E-state index in [9.17, 15) is 0 Å². The number of hydrogen-bond donors (Lipinski definition) is 1. The van der Waals surface area contributed by atoms with Crippen LogP contribution < -0.4 is 10.5 Å². The van der Waals surface area contributed by atoms with Crippen molar-refractivity contribution in [1.82, 2.24) is 0 Å². The first kappa shape index (κ1) is 14.1. The Bertz CT molecular complexity index is 582. The summed E-state index contributed by atoms with van der Waals surface area (Å²) in [5.41, 5.74) is 8.08. The molecule has 0 radical (unpaired) electrons. The first-order chi connectivity index (χ1) is 9.72. The van der Waals surface area contributed by atoms with Gasteiger partial charge in [-0.1, -0.05) is 31.2 Å². The predicted molar refractivity (Wildman–Crippen MR) is 79.5 cm³/mol. The molecule has 0 spiro atoms. The minimum absolute atomic E-state index is 0.0781. The molecule has 0 bridgehead atoms. The van der Waals surface area contributed by atoms with E-state index in [2.05, 4.69) is 13.0 Å². The number of ether oxygens (including phenoxy) is 1. The van der Waals surface area contributed by atoms with E-state index < -0.39 is 0 Å². The van der Waals surface area contributed by atoms with Crippen molar-refractivity contribution in [3.05, 3.63) is 59.7 Å². The van der Waals surface area contributed by atoms with Crippen LogP contribution in [0, 0.1) is 11.3 Å². The fourth-order valence-corrected chi connectivity index (χ4v) is 1.92. The molecular weight excluding hydrogens is 248 g/mol. The number of benzene rings is 2. The van der Waals surface area contributed by atoms with Gasteiger partial charge < -0.3 is 10.5 Å². The second-order valence-electron chi connectivity index (χ2n) is 4.66. The summed E-state index contributed by atoms with van der Waals surface area (Å²) < 4.78 is 5.76. The van der Waals surface area contributed by atoms with Crippen LogP contribution in [-0.4, -0.2) is 0 Å². The van der Waals surface area contributed by atoms with Crippen LogP contribution >= 0.6 is 0 Å². The molecule has 0 saturated heterocycles. The molecule has 0 heterocycles. The zero-order valence-electron chi connectivity index (χ0n) is 11.5. The third-order valence-corrected chi connectivity index (χ3v) is 3.19. The highest BCUT2D eigenvalue weighted by Gasteiger charge is 2.03. The Morgan fingerprint density at radius 3 is 2.10 bits per heavy atom. The fraction of sp³-hybridized carbons (Fsp3) is 0.235. The Balaban J connectivity index is 2.04. The van der Waals surface area contributed by atoms with Gasteiger partial charge in [-0.2, -0.15) is 5.26 Å². The first-order valence-electron chi connectivity index (χ1n) is 6.72. The van der Waals surface area contributed by atoms with Gasteiger partial charge in [0.15, 0.2) is 0 Å². The molecule has 0 aromatic heterocycles. The zero-order valence-corrected chi connectivity index (χ0v) is 11.5. The number of nitrogens with two attached hydrogens (primary N) is 1. The van der Waals surface area contributed by atoms with Gasteiger partial charge in [0, 0.05) is 6.04 Å². The van der Waals surface area contributed by atoms with Crippen molar-refractivity contribution < 1.29 is 4.74 Å². The fourth-order valence-electron chi connectivity index (χ4n) is 1.92. The van der Waals surface area contributed by atoms with Crippen molar-refractivity contribution in [3.63, 3.8) is 0 Å². The van der Waals surface area contributed by atoms with E-state index in [0.717, 1.165) is 29.0 Å². The summed E-state index contributed by atoms with van der Waals surface area (Å²) in [4.78, 5) is 0. The van der Waals surface area contributed by atoms with Gasteiger partial charge in [-0.25, -0.2) is 0 Å². The molecule has 3 heteroatoms. The van der Waals surface area contributed by atoms with Crippen molar-refractivity contribution in [2.45, 2.75) is 25.8 Å². The minimum Gasteiger partial charge on any atom is -0.457 e. The maximum Gasteiger partial charge on any atom is 0.127 e. The average molecular weight is 266 g/mol. The maximum absolute atomic E-state index is 8.62. The van der Waals surface area contributed by atoms with Crippen molar-refractivity contribution in [3.8, 4) is 17.6 Å². The van der Waals surface area contributed by atoms with Crippen molar-refractivity contribution in [2.24, 2.45) is 5.73 Å².